The van der Waals surface area contributed by atoms with Gasteiger partial charge in [0.1, 0.15) is 12.2 Å². The number of para-hydroxylation sites is 2. The van der Waals surface area contributed by atoms with E-state index in [0.29, 0.717) is 11.4 Å². The standard InChI is InChI=1S/C16H15N3O4/c1-10(23-16(22)12-6-4-8-17-12)15(21)19-9-14(20)18-11-5-2-3-7-13(11)19/h2-8,10,17H,9H2,1H3,(H,18,20)/t10-/m1/s1. The van der Waals surface area contributed by atoms with Crippen LogP contribution in [0.15, 0.2) is 42.6 Å². The highest BCUT2D eigenvalue weighted by Crippen LogP contribution is 2.29. The Morgan fingerprint density at radius 3 is 2.74 bits per heavy atom. The summed E-state index contributed by atoms with van der Waals surface area (Å²) >= 11 is 0. The molecule has 23 heavy (non-hydrogen) atoms. The number of anilines is 2. The first-order valence-corrected chi connectivity index (χ1v) is 7.11. The Balaban J connectivity index is 1.77. The zero-order valence-corrected chi connectivity index (χ0v) is 12.4. The Bertz CT molecular complexity index is 754. The lowest BCUT2D eigenvalue weighted by molar-refractivity contribution is -0.128. The summed E-state index contributed by atoms with van der Waals surface area (Å²) in [5, 5.41) is 2.70. The van der Waals surface area contributed by atoms with Gasteiger partial charge in [-0.25, -0.2) is 4.79 Å². The van der Waals surface area contributed by atoms with Crippen molar-refractivity contribution in [1.82, 2.24) is 4.98 Å². The van der Waals surface area contributed by atoms with Gasteiger partial charge in [0.25, 0.3) is 5.91 Å². The normalized spacial score (nSPS) is 14.7. The van der Waals surface area contributed by atoms with Crippen LogP contribution < -0.4 is 10.2 Å². The van der Waals surface area contributed by atoms with Gasteiger partial charge in [0.2, 0.25) is 5.91 Å². The van der Waals surface area contributed by atoms with Gasteiger partial charge in [-0.15, -0.1) is 0 Å². The van der Waals surface area contributed by atoms with E-state index in [2.05, 4.69) is 10.3 Å². The highest BCUT2D eigenvalue weighted by Gasteiger charge is 2.31. The van der Waals surface area contributed by atoms with Crippen LogP contribution in [0.5, 0.6) is 0 Å². The number of ether oxygens (including phenoxy) is 1. The molecule has 2 amide bonds. The third-order valence-electron chi connectivity index (χ3n) is 3.49. The number of nitrogens with zero attached hydrogens (tertiary/aromatic N) is 1. The van der Waals surface area contributed by atoms with Gasteiger partial charge in [-0.2, -0.15) is 0 Å². The minimum atomic E-state index is -1.01. The number of rotatable bonds is 3. The molecular formula is C16H15N3O4. The molecule has 1 aliphatic heterocycles. The van der Waals surface area contributed by atoms with E-state index < -0.39 is 18.0 Å². The molecule has 1 aliphatic rings. The number of fused-ring (bicyclic) bond motifs is 1. The molecule has 0 radical (unpaired) electrons. The summed E-state index contributed by atoms with van der Waals surface area (Å²) in [5.74, 6) is -1.36. The second-order valence-electron chi connectivity index (χ2n) is 5.12. The van der Waals surface area contributed by atoms with Crippen LogP contribution in [0.1, 0.15) is 17.4 Å². The maximum atomic E-state index is 12.6. The van der Waals surface area contributed by atoms with Gasteiger partial charge in [-0.3, -0.25) is 14.5 Å². The maximum Gasteiger partial charge on any atom is 0.355 e. The van der Waals surface area contributed by atoms with Crippen molar-refractivity contribution >= 4 is 29.2 Å². The SMILES string of the molecule is C[C@@H](OC(=O)c1ccc[nH]1)C(=O)N1CC(=O)Nc2ccccc21. The van der Waals surface area contributed by atoms with E-state index in [9.17, 15) is 14.4 Å². The summed E-state index contributed by atoms with van der Waals surface area (Å²) in [6.07, 6.45) is 0.582. The number of nitrogens with one attached hydrogen (secondary N) is 2. The van der Waals surface area contributed by atoms with E-state index in [1.807, 2.05) is 0 Å². The fraction of sp³-hybridized carbons (Fsp3) is 0.188. The van der Waals surface area contributed by atoms with E-state index in [1.54, 1.807) is 42.6 Å². The molecule has 1 atom stereocenters. The van der Waals surface area contributed by atoms with Gasteiger partial charge in [-0.1, -0.05) is 12.1 Å². The third-order valence-corrected chi connectivity index (χ3v) is 3.49. The fourth-order valence-electron chi connectivity index (χ4n) is 2.38. The lowest BCUT2D eigenvalue weighted by atomic mass is 10.1. The van der Waals surface area contributed by atoms with Gasteiger partial charge >= 0.3 is 5.97 Å². The first-order valence-electron chi connectivity index (χ1n) is 7.11. The first kappa shape index (κ1) is 14.8. The van der Waals surface area contributed by atoms with Gasteiger partial charge in [0, 0.05) is 6.20 Å². The monoisotopic (exact) mass is 313 g/mol. The highest BCUT2D eigenvalue weighted by molar-refractivity contribution is 6.11. The summed E-state index contributed by atoms with van der Waals surface area (Å²) < 4.78 is 5.17. The van der Waals surface area contributed by atoms with Crippen molar-refractivity contribution in [3.05, 3.63) is 48.3 Å². The third kappa shape index (κ3) is 2.94. The Labute approximate surface area is 132 Å². The van der Waals surface area contributed by atoms with Crippen LogP contribution in [0, 0.1) is 0 Å². The topological polar surface area (TPSA) is 91.5 Å². The van der Waals surface area contributed by atoms with Crippen LogP contribution in [-0.4, -0.2) is 35.4 Å². The minimum Gasteiger partial charge on any atom is -0.448 e. The van der Waals surface area contributed by atoms with Crippen molar-refractivity contribution in [2.24, 2.45) is 0 Å². The largest absolute Gasteiger partial charge is 0.448 e. The molecule has 1 aromatic heterocycles. The molecule has 7 nitrogen and oxygen atoms in total. The van der Waals surface area contributed by atoms with Gasteiger partial charge < -0.3 is 15.0 Å². The Morgan fingerprint density at radius 2 is 2.00 bits per heavy atom. The Morgan fingerprint density at radius 1 is 1.22 bits per heavy atom. The summed E-state index contributed by atoms with van der Waals surface area (Å²) in [4.78, 5) is 40.3. The predicted molar refractivity (Wildman–Crippen MR) is 83.1 cm³/mol. The number of carbonyl (C=O) groups is 3. The number of hydrogen-bond acceptors (Lipinski definition) is 4. The molecule has 0 fully saturated rings. The highest BCUT2D eigenvalue weighted by atomic mass is 16.5. The molecule has 3 rings (SSSR count). The molecule has 0 unspecified atom stereocenters. The van der Waals surface area contributed by atoms with Crippen molar-refractivity contribution in [2.45, 2.75) is 13.0 Å². The lowest BCUT2D eigenvalue weighted by Crippen LogP contribution is -2.47. The van der Waals surface area contributed by atoms with Gasteiger partial charge in [0.15, 0.2) is 6.10 Å². The van der Waals surface area contributed by atoms with Gasteiger partial charge in [0.05, 0.1) is 11.4 Å². The number of benzene rings is 1. The molecule has 1 aromatic carbocycles. The molecule has 118 valence electrons. The Hall–Kier alpha value is -3.09. The number of H-pyrrole nitrogens is 1. The fourth-order valence-corrected chi connectivity index (χ4v) is 2.38. The molecule has 0 saturated carbocycles. The van der Waals surface area contributed by atoms with Crippen molar-refractivity contribution < 1.29 is 19.1 Å². The summed E-state index contributed by atoms with van der Waals surface area (Å²) in [5.41, 5.74) is 1.40. The van der Waals surface area contributed by atoms with Crippen molar-refractivity contribution in [2.75, 3.05) is 16.8 Å². The molecule has 2 aromatic rings. The summed E-state index contributed by atoms with van der Waals surface area (Å²) in [6.45, 7) is 1.37. The smallest absolute Gasteiger partial charge is 0.355 e. The number of carbonyl (C=O) groups excluding carboxylic acids is 3. The number of esters is 1. The lowest BCUT2D eigenvalue weighted by Gasteiger charge is -2.30. The summed E-state index contributed by atoms with van der Waals surface area (Å²) in [7, 11) is 0. The second-order valence-corrected chi connectivity index (χ2v) is 5.12. The molecule has 2 N–H and O–H groups in total. The zero-order chi connectivity index (χ0) is 16.4. The van der Waals surface area contributed by atoms with Crippen LogP contribution in [0.4, 0.5) is 11.4 Å². The van der Waals surface area contributed by atoms with Crippen molar-refractivity contribution in [3.63, 3.8) is 0 Å². The van der Waals surface area contributed by atoms with E-state index >= 15 is 0 Å². The van der Waals surface area contributed by atoms with Crippen LogP contribution in [0.3, 0.4) is 0 Å². The quantitative estimate of drug-likeness (QED) is 0.841. The molecule has 0 saturated heterocycles. The summed E-state index contributed by atoms with van der Waals surface area (Å²) in [6, 6.07) is 10.2. The molecule has 0 bridgehead atoms. The zero-order valence-electron chi connectivity index (χ0n) is 12.4. The number of amides is 2. The van der Waals surface area contributed by atoms with Crippen molar-refractivity contribution in [3.8, 4) is 0 Å². The average Bonchev–Trinajstić information content (AvgIpc) is 3.07. The number of aromatic amines is 1. The molecule has 0 spiro atoms. The predicted octanol–water partition coefficient (Wildman–Crippen LogP) is 1.55. The molecule has 7 heteroatoms. The molecule has 2 heterocycles. The van der Waals surface area contributed by atoms with Crippen LogP contribution >= 0.6 is 0 Å². The van der Waals surface area contributed by atoms with Crippen LogP contribution in [0.2, 0.25) is 0 Å². The average molecular weight is 313 g/mol. The molecular weight excluding hydrogens is 298 g/mol. The first-order chi connectivity index (χ1) is 11.1. The Kier molecular flexibility index (Phi) is 3.84. The van der Waals surface area contributed by atoms with E-state index in [1.165, 1.54) is 11.8 Å². The van der Waals surface area contributed by atoms with E-state index in [4.69, 9.17) is 4.74 Å². The van der Waals surface area contributed by atoms with Gasteiger partial charge in [-0.05, 0) is 31.2 Å². The molecule has 0 aliphatic carbocycles. The number of aromatic nitrogens is 1. The van der Waals surface area contributed by atoms with Crippen molar-refractivity contribution in [1.29, 1.82) is 0 Å². The van der Waals surface area contributed by atoms with E-state index in [0.717, 1.165) is 0 Å². The van der Waals surface area contributed by atoms with Crippen LogP contribution in [0.25, 0.3) is 0 Å². The minimum absolute atomic E-state index is 0.111. The second kappa shape index (κ2) is 5.96. The van der Waals surface area contributed by atoms with E-state index in [-0.39, 0.29) is 18.1 Å². The number of hydrogen-bond donors (Lipinski definition) is 2. The maximum absolute atomic E-state index is 12.6. The van der Waals surface area contributed by atoms with Crippen LogP contribution in [-0.2, 0) is 14.3 Å².